The van der Waals surface area contributed by atoms with Crippen LogP contribution >= 0.6 is 0 Å². The maximum Gasteiger partial charge on any atom is 0.238 e. The van der Waals surface area contributed by atoms with Crippen LogP contribution in [0.1, 0.15) is 30.9 Å². The summed E-state index contributed by atoms with van der Waals surface area (Å²) in [5.74, 6) is 4.65. The van der Waals surface area contributed by atoms with Gasteiger partial charge in [0.15, 0.2) is 0 Å². The van der Waals surface area contributed by atoms with Gasteiger partial charge in [0.1, 0.15) is 0 Å². The second-order valence-corrected chi connectivity index (χ2v) is 5.45. The van der Waals surface area contributed by atoms with Crippen molar-refractivity contribution in [2.75, 3.05) is 0 Å². The zero-order chi connectivity index (χ0) is 15.4. The molecule has 112 valence electrons. The topological polar surface area (TPSA) is 92.5 Å². The van der Waals surface area contributed by atoms with Crippen molar-refractivity contribution in [2.45, 2.75) is 32.7 Å². The molecule has 0 aromatic heterocycles. The van der Waals surface area contributed by atoms with Gasteiger partial charge >= 0.3 is 0 Å². The molecule has 3 amide bonds. The summed E-state index contributed by atoms with van der Waals surface area (Å²) in [5.41, 5.74) is 3.76. The first-order valence-electron chi connectivity index (χ1n) is 6.90. The average Bonchev–Trinajstić information content (AvgIpc) is 2.44. The molecule has 1 fully saturated rings. The van der Waals surface area contributed by atoms with Crippen LogP contribution in [0.5, 0.6) is 0 Å². The third-order valence-electron chi connectivity index (χ3n) is 3.54. The number of carbonyl (C=O) groups excluding carboxylic acids is 3. The number of carbonyl (C=O) groups is 3. The first-order valence-corrected chi connectivity index (χ1v) is 6.90. The highest BCUT2D eigenvalue weighted by Gasteiger charge is 2.30. The number of benzene rings is 1. The third kappa shape index (κ3) is 3.88. The molecular formula is C15H19N3O3. The van der Waals surface area contributed by atoms with E-state index in [-0.39, 0.29) is 36.6 Å². The van der Waals surface area contributed by atoms with Crippen LogP contribution in [-0.2, 0) is 27.3 Å². The number of rotatable bonds is 4. The number of nitrogens with zero attached hydrogens (tertiary/aromatic N) is 1. The quantitative estimate of drug-likeness (QED) is 0.365. The number of piperidine rings is 1. The molecule has 6 nitrogen and oxygen atoms in total. The van der Waals surface area contributed by atoms with E-state index >= 15 is 0 Å². The van der Waals surface area contributed by atoms with Crippen molar-refractivity contribution in [3.05, 3.63) is 35.4 Å². The van der Waals surface area contributed by atoms with Crippen LogP contribution in [0.3, 0.4) is 0 Å². The predicted molar refractivity (Wildman–Crippen MR) is 76.4 cm³/mol. The molecule has 1 aromatic carbocycles. The van der Waals surface area contributed by atoms with Crippen molar-refractivity contribution >= 4 is 17.7 Å². The Morgan fingerprint density at radius 2 is 1.71 bits per heavy atom. The second-order valence-electron chi connectivity index (χ2n) is 5.45. The number of hydrazine groups is 1. The van der Waals surface area contributed by atoms with E-state index in [1.165, 1.54) is 4.90 Å². The molecule has 1 aliphatic heterocycles. The average molecular weight is 289 g/mol. The fourth-order valence-electron chi connectivity index (χ4n) is 2.39. The monoisotopic (exact) mass is 289 g/mol. The van der Waals surface area contributed by atoms with Crippen LogP contribution in [-0.4, -0.2) is 22.6 Å². The molecular weight excluding hydrogens is 270 g/mol. The van der Waals surface area contributed by atoms with Crippen molar-refractivity contribution in [3.8, 4) is 0 Å². The van der Waals surface area contributed by atoms with E-state index in [0.717, 1.165) is 11.1 Å². The summed E-state index contributed by atoms with van der Waals surface area (Å²) in [7, 11) is 0. The minimum absolute atomic E-state index is 0.120. The second kappa shape index (κ2) is 6.49. The van der Waals surface area contributed by atoms with Gasteiger partial charge in [-0.05, 0) is 17.0 Å². The lowest BCUT2D eigenvalue weighted by Gasteiger charge is -2.28. The van der Waals surface area contributed by atoms with Gasteiger partial charge in [0.05, 0.1) is 13.0 Å². The summed E-state index contributed by atoms with van der Waals surface area (Å²) in [6.45, 7) is 2.19. The SMILES string of the molecule is CC1CC(=O)N(Cc2ccc(CC(=O)NN)cc2)C(=O)C1. The minimum Gasteiger partial charge on any atom is -0.294 e. The van der Waals surface area contributed by atoms with Gasteiger partial charge in [-0.2, -0.15) is 0 Å². The Bertz CT molecular complexity index is 536. The number of hydrogen-bond acceptors (Lipinski definition) is 4. The molecule has 0 radical (unpaired) electrons. The lowest BCUT2D eigenvalue weighted by molar-refractivity contribution is -0.150. The Morgan fingerprint density at radius 3 is 2.24 bits per heavy atom. The molecule has 21 heavy (non-hydrogen) atoms. The Kier molecular flexibility index (Phi) is 4.70. The Labute approximate surface area is 123 Å². The molecule has 0 bridgehead atoms. The van der Waals surface area contributed by atoms with E-state index in [1.54, 1.807) is 12.1 Å². The van der Waals surface area contributed by atoms with Crippen LogP contribution in [0.2, 0.25) is 0 Å². The standard InChI is InChI=1S/C15H19N3O3/c1-10-6-14(20)18(15(21)7-10)9-12-4-2-11(3-5-12)8-13(19)17-16/h2-5,10H,6-9,16H2,1H3,(H,17,19). The molecule has 3 N–H and O–H groups in total. The zero-order valence-corrected chi connectivity index (χ0v) is 12.0. The van der Waals surface area contributed by atoms with Gasteiger partial charge in [0.2, 0.25) is 17.7 Å². The maximum absolute atomic E-state index is 11.9. The normalized spacial score (nSPS) is 16.2. The van der Waals surface area contributed by atoms with E-state index < -0.39 is 0 Å². The molecule has 6 heteroatoms. The zero-order valence-electron chi connectivity index (χ0n) is 12.0. The van der Waals surface area contributed by atoms with Gasteiger partial charge < -0.3 is 0 Å². The number of hydrogen-bond donors (Lipinski definition) is 2. The van der Waals surface area contributed by atoms with Gasteiger partial charge in [-0.15, -0.1) is 0 Å². The van der Waals surface area contributed by atoms with E-state index in [4.69, 9.17) is 5.84 Å². The number of likely N-dealkylation sites (tertiary alicyclic amines) is 1. The molecule has 0 saturated carbocycles. The number of nitrogens with two attached hydrogens (primary N) is 1. The molecule has 2 rings (SSSR count). The van der Waals surface area contributed by atoms with Crippen molar-refractivity contribution in [1.29, 1.82) is 0 Å². The molecule has 0 unspecified atom stereocenters. The molecule has 1 aliphatic rings. The van der Waals surface area contributed by atoms with Crippen LogP contribution in [0.4, 0.5) is 0 Å². The minimum atomic E-state index is -0.266. The highest BCUT2D eigenvalue weighted by atomic mass is 16.2. The Hall–Kier alpha value is -2.21. The van der Waals surface area contributed by atoms with Gasteiger partial charge in [-0.1, -0.05) is 31.2 Å². The summed E-state index contributed by atoms with van der Waals surface area (Å²) in [5, 5.41) is 0. The lowest BCUT2D eigenvalue weighted by atomic mass is 9.97. The van der Waals surface area contributed by atoms with Crippen LogP contribution < -0.4 is 11.3 Å². The highest BCUT2D eigenvalue weighted by molar-refractivity contribution is 5.97. The summed E-state index contributed by atoms with van der Waals surface area (Å²) < 4.78 is 0. The van der Waals surface area contributed by atoms with Gasteiger partial charge in [0, 0.05) is 12.8 Å². The summed E-state index contributed by atoms with van der Waals surface area (Å²) in [4.78, 5) is 36.3. The van der Waals surface area contributed by atoms with Gasteiger partial charge in [-0.3, -0.25) is 24.7 Å². The largest absolute Gasteiger partial charge is 0.294 e. The molecule has 1 saturated heterocycles. The van der Waals surface area contributed by atoms with Crippen molar-refractivity contribution in [3.63, 3.8) is 0 Å². The van der Waals surface area contributed by atoms with Crippen molar-refractivity contribution in [1.82, 2.24) is 10.3 Å². The van der Waals surface area contributed by atoms with Gasteiger partial charge in [0.25, 0.3) is 0 Å². The first-order chi connectivity index (χ1) is 9.99. The Morgan fingerprint density at radius 1 is 1.19 bits per heavy atom. The van der Waals surface area contributed by atoms with Crippen molar-refractivity contribution in [2.24, 2.45) is 11.8 Å². The fourth-order valence-corrected chi connectivity index (χ4v) is 2.39. The number of nitrogens with one attached hydrogen (secondary N) is 1. The van der Waals surface area contributed by atoms with E-state index in [1.807, 2.05) is 19.1 Å². The van der Waals surface area contributed by atoms with E-state index in [2.05, 4.69) is 5.43 Å². The smallest absolute Gasteiger partial charge is 0.238 e. The van der Waals surface area contributed by atoms with E-state index in [0.29, 0.717) is 12.8 Å². The molecule has 0 aliphatic carbocycles. The summed E-state index contributed by atoms with van der Waals surface area (Å²) in [6, 6.07) is 7.23. The van der Waals surface area contributed by atoms with Gasteiger partial charge in [-0.25, -0.2) is 5.84 Å². The third-order valence-corrected chi connectivity index (χ3v) is 3.54. The van der Waals surface area contributed by atoms with E-state index in [9.17, 15) is 14.4 Å². The molecule has 1 aromatic rings. The van der Waals surface area contributed by atoms with Crippen LogP contribution in [0.25, 0.3) is 0 Å². The summed E-state index contributed by atoms with van der Waals surface area (Å²) in [6.07, 6.45) is 1.04. The lowest BCUT2D eigenvalue weighted by Crippen LogP contribution is -2.42. The number of imide groups is 1. The number of amides is 3. The van der Waals surface area contributed by atoms with Crippen LogP contribution in [0, 0.1) is 5.92 Å². The summed E-state index contributed by atoms with van der Waals surface area (Å²) >= 11 is 0. The molecule has 1 heterocycles. The predicted octanol–water partition coefficient (Wildman–Crippen LogP) is 0.504. The first kappa shape index (κ1) is 15.2. The molecule has 0 spiro atoms. The highest BCUT2D eigenvalue weighted by Crippen LogP contribution is 2.21. The van der Waals surface area contributed by atoms with Crippen molar-refractivity contribution < 1.29 is 14.4 Å². The molecule has 0 atom stereocenters. The Balaban J connectivity index is 2.01. The maximum atomic E-state index is 11.9. The fraction of sp³-hybridized carbons (Fsp3) is 0.400. The van der Waals surface area contributed by atoms with Crippen LogP contribution in [0.15, 0.2) is 24.3 Å².